The molecule has 22 heavy (non-hydrogen) atoms. The Kier molecular flexibility index (Phi) is 3.50. The van der Waals surface area contributed by atoms with Gasteiger partial charge in [0.2, 0.25) is 0 Å². The van der Waals surface area contributed by atoms with E-state index in [4.69, 9.17) is 9.31 Å². The van der Waals surface area contributed by atoms with Gasteiger partial charge in [-0.05, 0) is 45.3 Å². The first kappa shape index (κ1) is 15.1. The first-order chi connectivity index (χ1) is 10.3. The van der Waals surface area contributed by atoms with Crippen molar-refractivity contribution in [2.24, 2.45) is 0 Å². The number of hydrogen-bond acceptors (Lipinski definition) is 4. The minimum Gasteiger partial charge on any atom is -0.506 e. The van der Waals surface area contributed by atoms with Gasteiger partial charge in [-0.2, -0.15) is 0 Å². The van der Waals surface area contributed by atoms with Gasteiger partial charge >= 0.3 is 7.12 Å². The fourth-order valence-corrected chi connectivity index (χ4v) is 2.35. The molecular formula is C17H20BNO3. The van der Waals surface area contributed by atoms with E-state index < -0.39 is 0 Å². The molecule has 0 atom stereocenters. The first-order valence-corrected chi connectivity index (χ1v) is 7.39. The Morgan fingerprint density at radius 3 is 2.00 bits per heavy atom. The SMILES string of the molecule is CC1(C)OB(c2ccc(-c3ccc(O)cn3)cc2)OC1(C)C. The number of rotatable bonds is 2. The molecule has 3 rings (SSSR count). The molecule has 0 bridgehead atoms. The summed E-state index contributed by atoms with van der Waals surface area (Å²) in [5, 5.41) is 9.29. The number of aromatic nitrogens is 1. The van der Waals surface area contributed by atoms with Crippen LogP contribution in [0.2, 0.25) is 0 Å². The standard InChI is InChI=1S/C17H20BNO3/c1-16(2)17(3,4)22-18(21-16)13-7-5-12(6-8-13)15-10-9-14(20)11-19-15/h5-11,20H,1-4H3. The van der Waals surface area contributed by atoms with Crippen LogP contribution >= 0.6 is 0 Å². The van der Waals surface area contributed by atoms with Crippen LogP contribution in [0.25, 0.3) is 11.3 Å². The zero-order valence-corrected chi connectivity index (χ0v) is 13.3. The van der Waals surface area contributed by atoms with Crippen molar-refractivity contribution < 1.29 is 14.4 Å². The third-order valence-corrected chi connectivity index (χ3v) is 4.48. The van der Waals surface area contributed by atoms with Crippen molar-refractivity contribution in [2.45, 2.75) is 38.9 Å². The number of hydrogen-bond donors (Lipinski definition) is 1. The van der Waals surface area contributed by atoms with E-state index in [0.717, 1.165) is 16.7 Å². The molecule has 0 spiro atoms. The Balaban J connectivity index is 1.82. The second-order valence-corrected chi connectivity index (χ2v) is 6.61. The molecule has 2 heterocycles. The van der Waals surface area contributed by atoms with Crippen LogP contribution in [0, 0.1) is 0 Å². The average Bonchev–Trinajstić information content (AvgIpc) is 2.68. The van der Waals surface area contributed by atoms with E-state index in [1.807, 2.05) is 52.0 Å². The van der Waals surface area contributed by atoms with Crippen LogP contribution in [0.15, 0.2) is 42.6 Å². The quantitative estimate of drug-likeness (QED) is 0.866. The van der Waals surface area contributed by atoms with Gasteiger partial charge in [0.1, 0.15) is 5.75 Å². The van der Waals surface area contributed by atoms with Gasteiger partial charge in [-0.3, -0.25) is 4.98 Å². The molecule has 1 N–H and O–H groups in total. The lowest BCUT2D eigenvalue weighted by Gasteiger charge is -2.32. The summed E-state index contributed by atoms with van der Waals surface area (Å²) in [5.41, 5.74) is 2.11. The molecule has 1 aromatic carbocycles. The monoisotopic (exact) mass is 297 g/mol. The highest BCUT2D eigenvalue weighted by Crippen LogP contribution is 2.36. The van der Waals surface area contributed by atoms with Crippen LogP contribution in [-0.4, -0.2) is 28.4 Å². The van der Waals surface area contributed by atoms with Gasteiger partial charge in [0, 0.05) is 5.56 Å². The average molecular weight is 297 g/mol. The molecule has 5 heteroatoms. The van der Waals surface area contributed by atoms with E-state index >= 15 is 0 Å². The highest BCUT2D eigenvalue weighted by atomic mass is 16.7. The van der Waals surface area contributed by atoms with Gasteiger partial charge in [0.15, 0.2) is 0 Å². The first-order valence-electron chi connectivity index (χ1n) is 7.39. The largest absolute Gasteiger partial charge is 0.506 e. The lowest BCUT2D eigenvalue weighted by molar-refractivity contribution is 0.00578. The number of benzene rings is 1. The number of nitrogens with zero attached hydrogens (tertiary/aromatic N) is 1. The van der Waals surface area contributed by atoms with Crippen molar-refractivity contribution in [3.8, 4) is 17.0 Å². The third-order valence-electron chi connectivity index (χ3n) is 4.48. The van der Waals surface area contributed by atoms with Crippen molar-refractivity contribution in [2.75, 3.05) is 0 Å². The predicted octanol–water partition coefficient (Wildman–Crippen LogP) is 2.75. The van der Waals surface area contributed by atoms with Crippen LogP contribution in [-0.2, 0) is 9.31 Å². The second kappa shape index (κ2) is 5.11. The van der Waals surface area contributed by atoms with Crippen LogP contribution in [0.1, 0.15) is 27.7 Å². The fraction of sp³-hybridized carbons (Fsp3) is 0.353. The Bertz CT molecular complexity index is 649. The van der Waals surface area contributed by atoms with E-state index in [1.54, 1.807) is 12.1 Å². The molecule has 0 saturated carbocycles. The minimum absolute atomic E-state index is 0.164. The van der Waals surface area contributed by atoms with Crippen LogP contribution in [0.4, 0.5) is 0 Å². The molecule has 2 aromatic rings. The van der Waals surface area contributed by atoms with Crippen molar-refractivity contribution in [3.05, 3.63) is 42.6 Å². The smallest absolute Gasteiger partial charge is 0.494 e. The Labute approximate surface area is 131 Å². The Morgan fingerprint density at radius 1 is 0.909 bits per heavy atom. The number of pyridine rings is 1. The van der Waals surface area contributed by atoms with E-state index in [0.29, 0.717) is 0 Å². The van der Waals surface area contributed by atoms with E-state index in [1.165, 1.54) is 6.20 Å². The summed E-state index contributed by atoms with van der Waals surface area (Å²) in [6.07, 6.45) is 1.44. The number of aromatic hydroxyl groups is 1. The summed E-state index contributed by atoms with van der Waals surface area (Å²) in [6.45, 7) is 8.17. The molecule has 0 aliphatic carbocycles. The Morgan fingerprint density at radius 2 is 1.50 bits per heavy atom. The predicted molar refractivity (Wildman–Crippen MR) is 87.1 cm³/mol. The molecule has 1 saturated heterocycles. The van der Waals surface area contributed by atoms with Gasteiger partial charge in [0.05, 0.1) is 23.1 Å². The maximum Gasteiger partial charge on any atom is 0.494 e. The molecule has 0 amide bonds. The molecule has 1 aromatic heterocycles. The molecule has 1 aliphatic rings. The van der Waals surface area contributed by atoms with Crippen LogP contribution < -0.4 is 5.46 Å². The molecule has 114 valence electrons. The van der Waals surface area contributed by atoms with Crippen molar-refractivity contribution in [1.29, 1.82) is 0 Å². The van der Waals surface area contributed by atoms with Crippen molar-refractivity contribution in [3.63, 3.8) is 0 Å². The van der Waals surface area contributed by atoms with E-state index in [2.05, 4.69) is 4.98 Å². The van der Waals surface area contributed by atoms with Crippen LogP contribution in [0.5, 0.6) is 5.75 Å². The fourth-order valence-electron chi connectivity index (χ4n) is 2.35. The van der Waals surface area contributed by atoms with Gasteiger partial charge in [-0.25, -0.2) is 0 Å². The molecule has 0 radical (unpaired) electrons. The normalized spacial score (nSPS) is 19.4. The van der Waals surface area contributed by atoms with Gasteiger partial charge in [-0.15, -0.1) is 0 Å². The van der Waals surface area contributed by atoms with Crippen molar-refractivity contribution in [1.82, 2.24) is 4.98 Å². The third kappa shape index (κ3) is 2.62. The zero-order chi connectivity index (χ0) is 16.0. The molecular weight excluding hydrogens is 277 g/mol. The summed E-state index contributed by atoms with van der Waals surface area (Å²) in [7, 11) is -0.355. The maximum absolute atomic E-state index is 9.29. The molecule has 1 fully saturated rings. The summed E-state index contributed by atoms with van der Waals surface area (Å²) < 4.78 is 12.1. The maximum atomic E-state index is 9.29. The van der Waals surface area contributed by atoms with E-state index in [9.17, 15) is 5.11 Å². The summed E-state index contributed by atoms with van der Waals surface area (Å²) >= 11 is 0. The van der Waals surface area contributed by atoms with Gasteiger partial charge < -0.3 is 14.4 Å². The summed E-state index contributed by atoms with van der Waals surface area (Å²) in [5.74, 6) is 0.164. The van der Waals surface area contributed by atoms with E-state index in [-0.39, 0.29) is 24.1 Å². The molecule has 1 aliphatic heterocycles. The topological polar surface area (TPSA) is 51.6 Å². The lowest BCUT2D eigenvalue weighted by atomic mass is 9.79. The van der Waals surface area contributed by atoms with Gasteiger partial charge in [0.25, 0.3) is 0 Å². The van der Waals surface area contributed by atoms with Gasteiger partial charge in [-0.1, -0.05) is 24.3 Å². The highest BCUT2D eigenvalue weighted by Gasteiger charge is 2.51. The summed E-state index contributed by atoms with van der Waals surface area (Å²) in [6, 6.07) is 11.4. The van der Waals surface area contributed by atoms with Crippen LogP contribution in [0.3, 0.4) is 0 Å². The Hall–Kier alpha value is -1.85. The zero-order valence-electron chi connectivity index (χ0n) is 13.3. The molecule has 0 unspecified atom stereocenters. The molecule has 4 nitrogen and oxygen atoms in total. The highest BCUT2D eigenvalue weighted by molar-refractivity contribution is 6.62. The van der Waals surface area contributed by atoms with Crippen molar-refractivity contribution >= 4 is 12.6 Å². The second-order valence-electron chi connectivity index (χ2n) is 6.61. The summed E-state index contributed by atoms with van der Waals surface area (Å²) in [4.78, 5) is 4.21. The lowest BCUT2D eigenvalue weighted by Crippen LogP contribution is -2.41. The minimum atomic E-state index is -0.355.